The van der Waals surface area contributed by atoms with Crippen molar-refractivity contribution < 1.29 is 17.9 Å². The molecule has 0 spiro atoms. The standard InChI is InChI=1S/C14H19N3O4S/c1-10(2)17-9-12(8-15-17)22(18,19)16-13-6-5-11(20-3)7-14(13)21-4/h5-10,16H,1-4H3. The number of hydrogen-bond donors (Lipinski definition) is 1. The maximum atomic E-state index is 12.4. The smallest absolute Gasteiger partial charge is 0.265 e. The Hall–Kier alpha value is -2.22. The lowest BCUT2D eigenvalue weighted by Crippen LogP contribution is -2.13. The minimum Gasteiger partial charge on any atom is -0.497 e. The molecule has 1 aromatic heterocycles. The van der Waals surface area contributed by atoms with Crippen molar-refractivity contribution in [2.24, 2.45) is 0 Å². The van der Waals surface area contributed by atoms with E-state index in [4.69, 9.17) is 9.47 Å². The monoisotopic (exact) mass is 325 g/mol. The van der Waals surface area contributed by atoms with Crippen molar-refractivity contribution in [3.8, 4) is 11.5 Å². The number of ether oxygens (including phenoxy) is 2. The lowest BCUT2D eigenvalue weighted by atomic mass is 10.3. The number of hydrogen-bond acceptors (Lipinski definition) is 5. The summed E-state index contributed by atoms with van der Waals surface area (Å²) in [6, 6.07) is 4.93. The van der Waals surface area contributed by atoms with Gasteiger partial charge in [-0.3, -0.25) is 9.40 Å². The number of sulfonamides is 1. The number of benzene rings is 1. The van der Waals surface area contributed by atoms with Gasteiger partial charge in [-0.2, -0.15) is 5.10 Å². The topological polar surface area (TPSA) is 82.5 Å². The average molecular weight is 325 g/mol. The van der Waals surface area contributed by atoms with E-state index in [2.05, 4.69) is 9.82 Å². The Labute approximate surface area is 129 Å². The molecule has 120 valence electrons. The highest BCUT2D eigenvalue weighted by atomic mass is 32.2. The molecule has 1 heterocycles. The Bertz CT molecular complexity index is 753. The van der Waals surface area contributed by atoms with Gasteiger partial charge >= 0.3 is 0 Å². The summed E-state index contributed by atoms with van der Waals surface area (Å²) in [7, 11) is -0.744. The van der Waals surface area contributed by atoms with Crippen LogP contribution in [-0.4, -0.2) is 32.4 Å². The highest BCUT2D eigenvalue weighted by Gasteiger charge is 2.19. The van der Waals surface area contributed by atoms with Crippen molar-refractivity contribution in [1.29, 1.82) is 0 Å². The van der Waals surface area contributed by atoms with Gasteiger partial charge < -0.3 is 9.47 Å². The van der Waals surface area contributed by atoms with E-state index in [0.717, 1.165) is 0 Å². The molecule has 0 amide bonds. The zero-order valence-electron chi connectivity index (χ0n) is 12.9. The van der Waals surface area contributed by atoms with E-state index < -0.39 is 10.0 Å². The van der Waals surface area contributed by atoms with E-state index in [0.29, 0.717) is 17.2 Å². The van der Waals surface area contributed by atoms with Crippen LogP contribution >= 0.6 is 0 Å². The fraction of sp³-hybridized carbons (Fsp3) is 0.357. The lowest BCUT2D eigenvalue weighted by Gasteiger charge is -2.12. The predicted molar refractivity (Wildman–Crippen MR) is 83.0 cm³/mol. The van der Waals surface area contributed by atoms with Crippen LogP contribution in [0, 0.1) is 0 Å². The summed E-state index contributed by atoms with van der Waals surface area (Å²) in [5, 5.41) is 4.04. The lowest BCUT2D eigenvalue weighted by molar-refractivity contribution is 0.395. The van der Waals surface area contributed by atoms with Crippen molar-refractivity contribution in [2.75, 3.05) is 18.9 Å². The first-order valence-electron chi connectivity index (χ1n) is 6.66. The van der Waals surface area contributed by atoms with Gasteiger partial charge in [-0.05, 0) is 26.0 Å². The maximum Gasteiger partial charge on any atom is 0.265 e. The molecule has 0 unspecified atom stereocenters. The average Bonchev–Trinajstić information content (AvgIpc) is 2.98. The molecule has 0 aliphatic carbocycles. The number of nitrogens with zero attached hydrogens (tertiary/aromatic N) is 2. The molecule has 22 heavy (non-hydrogen) atoms. The van der Waals surface area contributed by atoms with Crippen LogP contribution in [0.5, 0.6) is 11.5 Å². The van der Waals surface area contributed by atoms with Crippen molar-refractivity contribution in [3.63, 3.8) is 0 Å². The fourth-order valence-electron chi connectivity index (χ4n) is 1.83. The Morgan fingerprint density at radius 1 is 1.23 bits per heavy atom. The number of anilines is 1. The van der Waals surface area contributed by atoms with E-state index in [1.165, 1.54) is 26.6 Å². The molecule has 8 heteroatoms. The second-order valence-electron chi connectivity index (χ2n) is 4.92. The summed E-state index contributed by atoms with van der Waals surface area (Å²) in [6.07, 6.45) is 2.81. The van der Waals surface area contributed by atoms with Crippen molar-refractivity contribution in [2.45, 2.75) is 24.8 Å². The van der Waals surface area contributed by atoms with Crippen molar-refractivity contribution in [3.05, 3.63) is 30.6 Å². The van der Waals surface area contributed by atoms with Gasteiger partial charge in [0.1, 0.15) is 16.4 Å². The third kappa shape index (κ3) is 3.33. The summed E-state index contributed by atoms with van der Waals surface area (Å²) in [6.45, 7) is 3.84. The van der Waals surface area contributed by atoms with E-state index in [9.17, 15) is 8.42 Å². The number of methoxy groups -OCH3 is 2. The Balaban J connectivity index is 2.32. The van der Waals surface area contributed by atoms with Gasteiger partial charge in [0.15, 0.2) is 0 Å². The Kier molecular flexibility index (Phi) is 4.60. The highest BCUT2D eigenvalue weighted by Crippen LogP contribution is 2.30. The SMILES string of the molecule is COc1ccc(NS(=O)(=O)c2cnn(C(C)C)c2)c(OC)c1. The predicted octanol–water partition coefficient (Wildman–Crippen LogP) is 2.28. The number of nitrogens with one attached hydrogen (secondary N) is 1. The van der Waals surface area contributed by atoms with E-state index >= 15 is 0 Å². The molecular formula is C14H19N3O4S. The fourth-order valence-corrected chi connectivity index (χ4v) is 2.84. The van der Waals surface area contributed by atoms with E-state index in [-0.39, 0.29) is 10.9 Å². The molecule has 0 fully saturated rings. The number of rotatable bonds is 6. The molecule has 2 aromatic rings. The van der Waals surface area contributed by atoms with Crippen LogP contribution in [0.3, 0.4) is 0 Å². The summed E-state index contributed by atoms with van der Waals surface area (Å²) in [5.74, 6) is 0.951. The van der Waals surface area contributed by atoms with Crippen molar-refractivity contribution in [1.82, 2.24) is 9.78 Å². The molecule has 1 aromatic carbocycles. The molecular weight excluding hydrogens is 306 g/mol. The van der Waals surface area contributed by atoms with Gasteiger partial charge in [0.25, 0.3) is 10.0 Å². The second kappa shape index (κ2) is 6.27. The summed E-state index contributed by atoms with van der Waals surface area (Å²) in [5.41, 5.74) is 0.334. The Morgan fingerprint density at radius 2 is 1.95 bits per heavy atom. The quantitative estimate of drug-likeness (QED) is 0.881. The second-order valence-corrected chi connectivity index (χ2v) is 6.60. The maximum absolute atomic E-state index is 12.4. The van der Waals surface area contributed by atoms with Gasteiger partial charge in [-0.15, -0.1) is 0 Å². The van der Waals surface area contributed by atoms with Crippen LogP contribution in [0.4, 0.5) is 5.69 Å². The third-order valence-electron chi connectivity index (χ3n) is 3.07. The van der Waals surface area contributed by atoms with Crippen LogP contribution in [0.25, 0.3) is 0 Å². The van der Waals surface area contributed by atoms with Crippen LogP contribution in [0.1, 0.15) is 19.9 Å². The first kappa shape index (κ1) is 16.2. The largest absolute Gasteiger partial charge is 0.497 e. The van der Waals surface area contributed by atoms with E-state index in [1.807, 2.05) is 13.8 Å². The molecule has 0 atom stereocenters. The molecule has 0 aliphatic rings. The molecule has 0 saturated heterocycles. The minimum absolute atomic E-state index is 0.0828. The molecule has 2 rings (SSSR count). The van der Waals surface area contributed by atoms with Crippen LogP contribution in [-0.2, 0) is 10.0 Å². The zero-order valence-corrected chi connectivity index (χ0v) is 13.7. The Morgan fingerprint density at radius 3 is 2.50 bits per heavy atom. The van der Waals surface area contributed by atoms with Gasteiger partial charge in [-0.25, -0.2) is 8.42 Å². The zero-order chi connectivity index (χ0) is 16.3. The third-order valence-corrected chi connectivity index (χ3v) is 4.39. The van der Waals surface area contributed by atoms with Gasteiger partial charge in [0.05, 0.1) is 26.1 Å². The van der Waals surface area contributed by atoms with Gasteiger partial charge in [-0.1, -0.05) is 0 Å². The van der Waals surface area contributed by atoms with Crippen LogP contribution in [0.15, 0.2) is 35.5 Å². The first-order valence-corrected chi connectivity index (χ1v) is 8.14. The molecule has 0 saturated carbocycles. The van der Waals surface area contributed by atoms with Crippen LogP contribution in [0.2, 0.25) is 0 Å². The molecule has 0 bridgehead atoms. The summed E-state index contributed by atoms with van der Waals surface area (Å²) in [4.78, 5) is 0.0964. The molecule has 7 nitrogen and oxygen atoms in total. The van der Waals surface area contributed by atoms with Gasteiger partial charge in [0, 0.05) is 18.3 Å². The highest BCUT2D eigenvalue weighted by molar-refractivity contribution is 7.92. The minimum atomic E-state index is -3.73. The number of aromatic nitrogens is 2. The first-order chi connectivity index (χ1) is 10.4. The van der Waals surface area contributed by atoms with Gasteiger partial charge in [0.2, 0.25) is 0 Å². The normalized spacial score (nSPS) is 11.5. The molecule has 1 N–H and O–H groups in total. The molecule has 0 radical (unpaired) electrons. The molecule has 0 aliphatic heterocycles. The van der Waals surface area contributed by atoms with E-state index in [1.54, 1.807) is 22.9 Å². The summed E-state index contributed by atoms with van der Waals surface area (Å²) >= 11 is 0. The van der Waals surface area contributed by atoms with Crippen molar-refractivity contribution >= 4 is 15.7 Å². The summed E-state index contributed by atoms with van der Waals surface area (Å²) < 4.78 is 39.2. The van der Waals surface area contributed by atoms with Crippen LogP contribution < -0.4 is 14.2 Å².